The highest BCUT2D eigenvalue weighted by Crippen LogP contribution is 2.21. The molecule has 6 heteroatoms. The van der Waals surface area contributed by atoms with Crippen LogP contribution < -0.4 is 0 Å². The molecule has 3 rings (SSSR count). The van der Waals surface area contributed by atoms with Crippen LogP contribution in [0.15, 0.2) is 29.8 Å². The predicted octanol–water partition coefficient (Wildman–Crippen LogP) is 2.67. The third-order valence-electron chi connectivity index (χ3n) is 3.38. The first-order chi connectivity index (χ1) is 9.75. The first kappa shape index (κ1) is 14.1. The summed E-state index contributed by atoms with van der Waals surface area (Å²) in [5.74, 6) is 0.100. The second-order valence-electron chi connectivity index (χ2n) is 4.65. The zero-order valence-corrected chi connectivity index (χ0v) is 13.9. The molecule has 1 aliphatic heterocycles. The lowest BCUT2D eigenvalue weighted by Gasteiger charge is -2.27. The van der Waals surface area contributed by atoms with E-state index in [0.717, 1.165) is 12.2 Å². The van der Waals surface area contributed by atoms with Gasteiger partial charge in [-0.15, -0.1) is 11.3 Å². The summed E-state index contributed by atoms with van der Waals surface area (Å²) in [5.41, 5.74) is 2.02. The standard InChI is InChI=1S/C14H15IN2O2S/c15-13-11(3-9-20-13)10-17-4-1-2-12(17)14(18)16-5-7-19-8-6-16/h1-4,9H,5-8,10H2. The van der Waals surface area contributed by atoms with Crippen molar-refractivity contribution in [3.05, 3.63) is 43.9 Å². The van der Waals surface area contributed by atoms with E-state index in [4.69, 9.17) is 4.74 Å². The quantitative estimate of drug-likeness (QED) is 0.741. The van der Waals surface area contributed by atoms with Crippen molar-refractivity contribution < 1.29 is 9.53 Å². The molecule has 2 aromatic rings. The summed E-state index contributed by atoms with van der Waals surface area (Å²) in [6.45, 7) is 3.38. The molecule has 0 atom stereocenters. The predicted molar refractivity (Wildman–Crippen MR) is 87.3 cm³/mol. The molecule has 0 unspecified atom stereocenters. The van der Waals surface area contributed by atoms with Gasteiger partial charge in [-0.2, -0.15) is 0 Å². The maximum Gasteiger partial charge on any atom is 0.270 e. The van der Waals surface area contributed by atoms with Gasteiger partial charge in [-0.1, -0.05) is 0 Å². The first-order valence-corrected chi connectivity index (χ1v) is 8.45. The molecule has 2 aromatic heterocycles. The third kappa shape index (κ3) is 2.91. The van der Waals surface area contributed by atoms with Crippen LogP contribution in [0.3, 0.4) is 0 Å². The van der Waals surface area contributed by atoms with Crippen LogP contribution in [0, 0.1) is 2.88 Å². The molecule has 4 nitrogen and oxygen atoms in total. The molecule has 0 aliphatic carbocycles. The van der Waals surface area contributed by atoms with E-state index in [1.54, 1.807) is 11.3 Å². The van der Waals surface area contributed by atoms with Gasteiger partial charge in [0.2, 0.25) is 0 Å². The number of amides is 1. The van der Waals surface area contributed by atoms with Crippen LogP contribution in [-0.2, 0) is 11.3 Å². The maximum atomic E-state index is 12.5. The Labute approximate surface area is 135 Å². The number of carbonyl (C=O) groups is 1. The molecule has 3 heterocycles. The molecule has 0 aromatic carbocycles. The average molecular weight is 402 g/mol. The number of hydrogen-bond acceptors (Lipinski definition) is 3. The number of thiophene rings is 1. The number of hydrogen-bond donors (Lipinski definition) is 0. The Balaban J connectivity index is 1.79. The summed E-state index contributed by atoms with van der Waals surface area (Å²) in [6.07, 6.45) is 1.97. The lowest BCUT2D eigenvalue weighted by Crippen LogP contribution is -2.41. The molecule has 1 aliphatic rings. The van der Waals surface area contributed by atoms with Gasteiger partial charge in [0, 0.05) is 25.8 Å². The van der Waals surface area contributed by atoms with Crippen molar-refractivity contribution in [1.29, 1.82) is 0 Å². The Morgan fingerprint density at radius 1 is 1.35 bits per heavy atom. The van der Waals surface area contributed by atoms with Crippen molar-refractivity contribution in [1.82, 2.24) is 9.47 Å². The maximum absolute atomic E-state index is 12.5. The highest BCUT2D eigenvalue weighted by atomic mass is 127. The fourth-order valence-corrected chi connectivity index (χ4v) is 3.72. The van der Waals surface area contributed by atoms with Crippen LogP contribution in [0.4, 0.5) is 0 Å². The monoisotopic (exact) mass is 402 g/mol. The minimum Gasteiger partial charge on any atom is -0.378 e. The van der Waals surface area contributed by atoms with Gasteiger partial charge < -0.3 is 14.2 Å². The Morgan fingerprint density at radius 3 is 2.85 bits per heavy atom. The van der Waals surface area contributed by atoms with Crippen molar-refractivity contribution in [3.8, 4) is 0 Å². The SMILES string of the molecule is O=C(c1cccn1Cc1ccsc1I)N1CCOCC1. The van der Waals surface area contributed by atoms with E-state index >= 15 is 0 Å². The first-order valence-electron chi connectivity index (χ1n) is 6.50. The fourth-order valence-electron chi connectivity index (χ4n) is 2.29. The second kappa shape index (κ2) is 6.28. The van der Waals surface area contributed by atoms with Crippen LogP contribution in [0.1, 0.15) is 16.1 Å². The number of rotatable bonds is 3. The Kier molecular flexibility index (Phi) is 4.42. The highest BCUT2D eigenvalue weighted by Gasteiger charge is 2.21. The summed E-state index contributed by atoms with van der Waals surface area (Å²) in [6, 6.07) is 5.96. The van der Waals surface area contributed by atoms with Gasteiger partial charge in [-0.3, -0.25) is 4.79 Å². The van der Waals surface area contributed by atoms with E-state index in [0.29, 0.717) is 26.3 Å². The van der Waals surface area contributed by atoms with E-state index in [-0.39, 0.29) is 5.91 Å². The Morgan fingerprint density at radius 2 is 2.15 bits per heavy atom. The largest absolute Gasteiger partial charge is 0.378 e. The summed E-state index contributed by atoms with van der Waals surface area (Å²) in [4.78, 5) is 14.4. The van der Waals surface area contributed by atoms with Crippen molar-refractivity contribution in [3.63, 3.8) is 0 Å². The number of carbonyl (C=O) groups excluding carboxylic acids is 1. The van der Waals surface area contributed by atoms with Crippen LogP contribution in [0.25, 0.3) is 0 Å². The normalized spacial score (nSPS) is 15.6. The molecule has 20 heavy (non-hydrogen) atoms. The summed E-state index contributed by atoms with van der Waals surface area (Å²) in [5, 5.41) is 2.09. The van der Waals surface area contributed by atoms with Gasteiger partial charge in [0.05, 0.1) is 16.1 Å². The van der Waals surface area contributed by atoms with E-state index in [2.05, 4.69) is 34.0 Å². The number of nitrogens with zero attached hydrogens (tertiary/aromatic N) is 2. The van der Waals surface area contributed by atoms with Gasteiger partial charge in [0.25, 0.3) is 5.91 Å². The zero-order chi connectivity index (χ0) is 13.9. The fraction of sp³-hybridized carbons (Fsp3) is 0.357. The van der Waals surface area contributed by atoms with E-state index in [1.807, 2.05) is 27.8 Å². The van der Waals surface area contributed by atoms with E-state index < -0.39 is 0 Å². The molecule has 0 radical (unpaired) electrons. The number of halogens is 1. The molecule has 0 spiro atoms. The summed E-state index contributed by atoms with van der Waals surface area (Å²) in [7, 11) is 0. The van der Waals surface area contributed by atoms with Crippen LogP contribution in [0.2, 0.25) is 0 Å². The smallest absolute Gasteiger partial charge is 0.270 e. The van der Waals surface area contributed by atoms with Crippen LogP contribution >= 0.6 is 33.9 Å². The molecule has 1 fully saturated rings. The minimum absolute atomic E-state index is 0.100. The van der Waals surface area contributed by atoms with Crippen LogP contribution in [-0.4, -0.2) is 41.7 Å². The van der Waals surface area contributed by atoms with E-state index in [1.165, 1.54) is 8.45 Å². The Hall–Kier alpha value is -0.860. The number of aromatic nitrogens is 1. The molecule has 106 valence electrons. The van der Waals surface area contributed by atoms with Gasteiger partial charge in [-0.05, 0) is 51.7 Å². The molecule has 0 saturated carbocycles. The Bertz CT molecular complexity index is 602. The molecule has 1 saturated heterocycles. The number of morpholine rings is 1. The summed E-state index contributed by atoms with van der Waals surface area (Å²) >= 11 is 4.08. The number of ether oxygens (including phenoxy) is 1. The van der Waals surface area contributed by atoms with E-state index in [9.17, 15) is 4.79 Å². The van der Waals surface area contributed by atoms with Gasteiger partial charge in [0.1, 0.15) is 5.69 Å². The van der Waals surface area contributed by atoms with Gasteiger partial charge >= 0.3 is 0 Å². The van der Waals surface area contributed by atoms with Crippen molar-refractivity contribution in [2.24, 2.45) is 0 Å². The second-order valence-corrected chi connectivity index (χ2v) is 7.37. The third-order valence-corrected chi connectivity index (χ3v) is 5.58. The lowest BCUT2D eigenvalue weighted by molar-refractivity contribution is 0.0296. The lowest BCUT2D eigenvalue weighted by atomic mass is 10.3. The molecule has 1 amide bonds. The highest BCUT2D eigenvalue weighted by molar-refractivity contribution is 14.1. The molecule has 0 bridgehead atoms. The van der Waals surface area contributed by atoms with Gasteiger partial charge in [0.15, 0.2) is 0 Å². The van der Waals surface area contributed by atoms with Crippen molar-refractivity contribution in [2.75, 3.05) is 26.3 Å². The zero-order valence-electron chi connectivity index (χ0n) is 10.9. The van der Waals surface area contributed by atoms with Crippen molar-refractivity contribution >= 4 is 39.8 Å². The minimum atomic E-state index is 0.100. The summed E-state index contributed by atoms with van der Waals surface area (Å²) < 4.78 is 8.61. The molecular weight excluding hydrogens is 387 g/mol. The average Bonchev–Trinajstić information content (AvgIpc) is 3.09. The van der Waals surface area contributed by atoms with Crippen molar-refractivity contribution in [2.45, 2.75) is 6.54 Å². The topological polar surface area (TPSA) is 34.5 Å². The van der Waals surface area contributed by atoms with Gasteiger partial charge in [-0.25, -0.2) is 0 Å². The van der Waals surface area contributed by atoms with Crippen LogP contribution in [0.5, 0.6) is 0 Å². The molecular formula is C14H15IN2O2S. The molecule has 0 N–H and O–H groups in total.